The van der Waals surface area contributed by atoms with Gasteiger partial charge in [0.1, 0.15) is 0 Å². The predicted molar refractivity (Wildman–Crippen MR) is 243 cm³/mol. The zero-order chi connectivity index (χ0) is 37.1. The highest BCUT2D eigenvalue weighted by Crippen LogP contribution is 2.55. The molecule has 1 heterocycles. The van der Waals surface area contributed by atoms with Gasteiger partial charge in [-0.25, -0.2) is 0 Å². The maximum absolute atomic E-state index is 2.48. The Labute approximate surface area is 329 Å². The minimum Gasteiger partial charge on any atom is -0.134 e. The van der Waals surface area contributed by atoms with Crippen LogP contribution >= 0.6 is 11.3 Å². The van der Waals surface area contributed by atoms with E-state index in [0.29, 0.717) is 0 Å². The molecular weight excluding hydrogens is 693 g/mol. The van der Waals surface area contributed by atoms with Crippen LogP contribution in [-0.2, 0) is 5.41 Å². The van der Waals surface area contributed by atoms with E-state index in [9.17, 15) is 0 Å². The number of rotatable bonds is 3. The van der Waals surface area contributed by atoms with Crippen LogP contribution in [0.3, 0.4) is 0 Å². The summed E-state index contributed by atoms with van der Waals surface area (Å²) in [5.74, 6) is 0. The number of thiophene rings is 1. The minimum absolute atomic E-state index is 0.0608. The van der Waals surface area contributed by atoms with E-state index in [0.717, 1.165) is 0 Å². The number of fused-ring (bicyclic) bond motifs is 12. The smallest absolute Gasteiger partial charge is 0.0434 e. The van der Waals surface area contributed by atoms with Crippen LogP contribution in [-0.4, -0.2) is 0 Å². The third kappa shape index (κ3) is 4.41. The summed E-state index contributed by atoms with van der Waals surface area (Å²) in [7, 11) is 0. The number of benzene rings is 10. The molecule has 0 saturated carbocycles. The Balaban J connectivity index is 1.09. The van der Waals surface area contributed by atoms with Crippen LogP contribution < -0.4 is 0 Å². The lowest BCUT2D eigenvalue weighted by Crippen LogP contribution is -2.14. The maximum Gasteiger partial charge on any atom is 0.0434 e. The largest absolute Gasteiger partial charge is 0.134 e. The topological polar surface area (TPSA) is 0 Å². The molecule has 0 atom stereocenters. The molecule has 11 aromatic rings. The van der Waals surface area contributed by atoms with E-state index in [1.807, 2.05) is 11.3 Å². The molecule has 0 unspecified atom stereocenters. The van der Waals surface area contributed by atoms with Crippen molar-refractivity contribution < 1.29 is 0 Å². The highest BCUT2D eigenvalue weighted by Gasteiger charge is 2.37. The summed E-state index contributed by atoms with van der Waals surface area (Å²) in [5.41, 5.74) is 13.2. The average Bonchev–Trinajstić information content (AvgIpc) is 3.74. The van der Waals surface area contributed by atoms with Crippen LogP contribution in [0.4, 0.5) is 0 Å². The van der Waals surface area contributed by atoms with Gasteiger partial charge in [-0.1, -0.05) is 178 Å². The molecule has 0 bridgehead atoms. The van der Waals surface area contributed by atoms with Gasteiger partial charge < -0.3 is 0 Å². The van der Waals surface area contributed by atoms with Crippen LogP contribution in [0.25, 0.3) is 108 Å². The first kappa shape index (κ1) is 31.8. The monoisotopic (exact) mass is 728 g/mol. The van der Waals surface area contributed by atoms with E-state index in [-0.39, 0.29) is 5.41 Å². The number of hydrogen-bond donors (Lipinski definition) is 0. The Morgan fingerprint density at radius 3 is 1.64 bits per heavy atom. The maximum atomic E-state index is 2.48. The summed E-state index contributed by atoms with van der Waals surface area (Å²) in [5, 5.41) is 12.9. The lowest BCUT2D eigenvalue weighted by atomic mass is 9.82. The van der Waals surface area contributed by atoms with Gasteiger partial charge in [0.25, 0.3) is 0 Å². The molecule has 1 aromatic heterocycles. The summed E-state index contributed by atoms with van der Waals surface area (Å²) >= 11 is 1.98. The molecule has 1 aliphatic carbocycles. The highest BCUT2D eigenvalue weighted by atomic mass is 32.1. The van der Waals surface area contributed by atoms with Crippen LogP contribution in [0.1, 0.15) is 25.0 Å². The van der Waals surface area contributed by atoms with Gasteiger partial charge in [-0.15, -0.1) is 11.3 Å². The van der Waals surface area contributed by atoms with Crippen molar-refractivity contribution in [3.63, 3.8) is 0 Å². The minimum atomic E-state index is -0.0608. The van der Waals surface area contributed by atoms with Crippen molar-refractivity contribution in [1.82, 2.24) is 0 Å². The average molecular weight is 729 g/mol. The molecule has 262 valence electrons. The van der Waals surface area contributed by atoms with Crippen molar-refractivity contribution in [2.75, 3.05) is 0 Å². The SMILES string of the molecule is CC1(C)c2ccccc2-c2ccc3c(sc4c5ccccc5c(-c5cccc(-c6c7ccccc7c(-c7ccc8ccccc8c7)c7ccccc67)c5)cc34)c21. The Hall–Kier alpha value is -6.54. The second-order valence-electron chi connectivity index (χ2n) is 16.0. The third-order valence-electron chi connectivity index (χ3n) is 12.6. The molecule has 0 saturated heterocycles. The summed E-state index contributed by atoms with van der Waals surface area (Å²) < 4.78 is 2.79. The van der Waals surface area contributed by atoms with Crippen molar-refractivity contribution in [3.05, 3.63) is 193 Å². The molecule has 12 rings (SSSR count). The van der Waals surface area contributed by atoms with E-state index in [1.54, 1.807) is 0 Å². The second kappa shape index (κ2) is 11.7. The fraction of sp³-hybridized carbons (Fsp3) is 0.0545. The Bertz CT molecular complexity index is 3390. The zero-order valence-corrected chi connectivity index (χ0v) is 32.0. The highest BCUT2D eigenvalue weighted by molar-refractivity contribution is 7.27. The third-order valence-corrected chi connectivity index (χ3v) is 13.9. The molecule has 0 nitrogen and oxygen atoms in total. The van der Waals surface area contributed by atoms with Gasteiger partial charge in [-0.2, -0.15) is 0 Å². The lowest BCUT2D eigenvalue weighted by Gasteiger charge is -2.22. The predicted octanol–water partition coefficient (Wildman–Crippen LogP) is 16.0. The van der Waals surface area contributed by atoms with E-state index >= 15 is 0 Å². The molecule has 0 aliphatic heterocycles. The normalized spacial score (nSPS) is 13.3. The fourth-order valence-electron chi connectivity index (χ4n) is 10.1. The van der Waals surface area contributed by atoms with Crippen molar-refractivity contribution in [2.24, 2.45) is 0 Å². The first-order valence-corrected chi connectivity index (χ1v) is 20.4. The first-order chi connectivity index (χ1) is 27.5. The van der Waals surface area contributed by atoms with E-state index in [2.05, 4.69) is 196 Å². The Kier molecular flexibility index (Phi) is 6.66. The van der Waals surface area contributed by atoms with Gasteiger partial charge in [0.15, 0.2) is 0 Å². The van der Waals surface area contributed by atoms with Crippen LogP contribution in [0.5, 0.6) is 0 Å². The van der Waals surface area contributed by atoms with Gasteiger partial charge in [-0.05, 0) is 112 Å². The van der Waals surface area contributed by atoms with Gasteiger partial charge in [-0.3, -0.25) is 0 Å². The summed E-state index contributed by atoms with van der Waals surface area (Å²) in [6, 6.07) is 68.1. The molecule has 0 fully saturated rings. The van der Waals surface area contributed by atoms with Crippen LogP contribution in [0.15, 0.2) is 182 Å². The molecule has 1 aliphatic rings. The summed E-state index contributed by atoms with van der Waals surface area (Å²) in [6.45, 7) is 4.80. The van der Waals surface area contributed by atoms with Gasteiger partial charge >= 0.3 is 0 Å². The molecule has 0 radical (unpaired) electrons. The second-order valence-corrected chi connectivity index (χ2v) is 17.0. The van der Waals surface area contributed by atoms with Gasteiger partial charge in [0.2, 0.25) is 0 Å². The van der Waals surface area contributed by atoms with Gasteiger partial charge in [0, 0.05) is 31.0 Å². The van der Waals surface area contributed by atoms with Crippen molar-refractivity contribution in [2.45, 2.75) is 19.3 Å². The lowest BCUT2D eigenvalue weighted by molar-refractivity contribution is 0.667. The molecule has 10 aromatic carbocycles. The van der Waals surface area contributed by atoms with Gasteiger partial charge in [0.05, 0.1) is 0 Å². The van der Waals surface area contributed by atoms with Crippen LogP contribution in [0.2, 0.25) is 0 Å². The van der Waals surface area contributed by atoms with E-state index in [1.165, 1.54) is 119 Å². The number of hydrogen-bond acceptors (Lipinski definition) is 1. The first-order valence-electron chi connectivity index (χ1n) is 19.6. The summed E-state index contributed by atoms with van der Waals surface area (Å²) in [6.07, 6.45) is 0. The molecule has 1 heteroatoms. The zero-order valence-electron chi connectivity index (χ0n) is 31.2. The van der Waals surface area contributed by atoms with E-state index < -0.39 is 0 Å². The molecule has 0 amide bonds. The quantitative estimate of drug-likeness (QED) is 0.159. The molecule has 56 heavy (non-hydrogen) atoms. The Morgan fingerprint density at radius 1 is 0.339 bits per heavy atom. The van der Waals surface area contributed by atoms with Crippen molar-refractivity contribution >= 4 is 74.6 Å². The summed E-state index contributed by atoms with van der Waals surface area (Å²) in [4.78, 5) is 0. The molecule has 0 spiro atoms. The molecular formula is C55H36S. The molecule has 0 N–H and O–H groups in total. The standard InChI is InChI=1S/C55H36S/c1-55(2)49-25-12-11-19-39(49)44-28-29-46-48-32-47(38-18-5-10-24-45(38)53(48)56-54(46)52(44)55)35-16-13-17-36(31-35)50-40-20-6-8-22-42(40)51(43-23-9-7-21-41(43)50)37-27-26-33-14-3-4-15-34(33)30-37/h3-32H,1-2H3. The van der Waals surface area contributed by atoms with Crippen molar-refractivity contribution in [1.29, 1.82) is 0 Å². The van der Waals surface area contributed by atoms with Crippen molar-refractivity contribution in [3.8, 4) is 44.5 Å². The fourth-order valence-corrected chi connectivity index (χ4v) is 11.6. The van der Waals surface area contributed by atoms with Crippen LogP contribution in [0, 0.1) is 0 Å². The Morgan fingerprint density at radius 2 is 0.911 bits per heavy atom. The van der Waals surface area contributed by atoms with E-state index in [4.69, 9.17) is 0 Å².